The third-order valence-corrected chi connectivity index (χ3v) is 4.22. The van der Waals surface area contributed by atoms with E-state index in [1.807, 2.05) is 13.0 Å². The van der Waals surface area contributed by atoms with Crippen molar-refractivity contribution < 1.29 is 4.74 Å². The first-order valence-corrected chi connectivity index (χ1v) is 7.78. The molecule has 1 heterocycles. The van der Waals surface area contributed by atoms with Crippen molar-refractivity contribution >= 4 is 0 Å². The topological polar surface area (TPSA) is 61.0 Å². The van der Waals surface area contributed by atoms with Crippen LogP contribution < -0.4 is 5.73 Å². The SMILES string of the molecule is CCOC1(c2nc(C)cc(CCN)n2)CCC(C)CC1. The lowest BCUT2D eigenvalue weighted by molar-refractivity contribution is -0.0839. The van der Waals surface area contributed by atoms with Gasteiger partial charge in [0.1, 0.15) is 5.60 Å². The van der Waals surface area contributed by atoms with Crippen LogP contribution >= 0.6 is 0 Å². The molecule has 0 unspecified atom stereocenters. The van der Waals surface area contributed by atoms with Gasteiger partial charge in [-0.25, -0.2) is 9.97 Å². The lowest BCUT2D eigenvalue weighted by atomic mass is 9.78. The van der Waals surface area contributed by atoms with E-state index in [4.69, 9.17) is 15.5 Å². The molecule has 0 aliphatic heterocycles. The minimum absolute atomic E-state index is 0.281. The van der Waals surface area contributed by atoms with Gasteiger partial charge < -0.3 is 10.5 Å². The molecule has 4 heteroatoms. The Hall–Kier alpha value is -1.00. The molecule has 0 amide bonds. The summed E-state index contributed by atoms with van der Waals surface area (Å²) in [6.07, 6.45) is 5.21. The maximum Gasteiger partial charge on any atom is 0.160 e. The molecule has 0 saturated heterocycles. The Morgan fingerprint density at radius 3 is 2.65 bits per heavy atom. The van der Waals surface area contributed by atoms with Crippen LogP contribution in [0, 0.1) is 12.8 Å². The summed E-state index contributed by atoms with van der Waals surface area (Å²) in [5.41, 5.74) is 7.42. The molecule has 1 aromatic heterocycles. The molecule has 112 valence electrons. The number of hydrogen-bond acceptors (Lipinski definition) is 4. The van der Waals surface area contributed by atoms with E-state index in [2.05, 4.69) is 18.8 Å². The largest absolute Gasteiger partial charge is 0.367 e. The molecule has 2 rings (SSSR count). The van der Waals surface area contributed by atoms with Crippen molar-refractivity contribution in [1.29, 1.82) is 0 Å². The second-order valence-corrected chi connectivity index (χ2v) is 5.97. The second kappa shape index (κ2) is 6.64. The summed E-state index contributed by atoms with van der Waals surface area (Å²) in [4.78, 5) is 9.43. The molecule has 20 heavy (non-hydrogen) atoms. The molecule has 0 atom stereocenters. The van der Waals surface area contributed by atoms with Gasteiger partial charge in [0.05, 0.1) is 0 Å². The Balaban J connectivity index is 2.33. The Bertz CT molecular complexity index is 439. The molecule has 0 bridgehead atoms. The van der Waals surface area contributed by atoms with Gasteiger partial charge >= 0.3 is 0 Å². The summed E-state index contributed by atoms with van der Waals surface area (Å²) in [6, 6.07) is 2.03. The molecule has 1 saturated carbocycles. The minimum Gasteiger partial charge on any atom is -0.367 e. The molecule has 4 nitrogen and oxygen atoms in total. The van der Waals surface area contributed by atoms with Crippen molar-refractivity contribution in [2.24, 2.45) is 11.7 Å². The predicted molar refractivity (Wildman–Crippen MR) is 80.5 cm³/mol. The molecule has 0 spiro atoms. The van der Waals surface area contributed by atoms with Gasteiger partial charge in [-0.2, -0.15) is 0 Å². The Labute approximate surface area is 122 Å². The fourth-order valence-corrected chi connectivity index (χ4v) is 3.05. The molecule has 1 fully saturated rings. The number of ether oxygens (including phenoxy) is 1. The van der Waals surface area contributed by atoms with E-state index >= 15 is 0 Å². The molecule has 1 aliphatic rings. The highest BCUT2D eigenvalue weighted by atomic mass is 16.5. The molecule has 1 aromatic rings. The molecule has 2 N–H and O–H groups in total. The maximum atomic E-state index is 6.14. The number of aryl methyl sites for hydroxylation is 1. The van der Waals surface area contributed by atoms with Gasteiger partial charge in [-0.15, -0.1) is 0 Å². The van der Waals surface area contributed by atoms with Gasteiger partial charge in [0.25, 0.3) is 0 Å². The average Bonchev–Trinajstić information content (AvgIpc) is 2.42. The first kappa shape index (κ1) is 15.4. The van der Waals surface area contributed by atoms with Crippen LogP contribution in [0.3, 0.4) is 0 Å². The predicted octanol–water partition coefficient (Wildman–Crippen LogP) is 2.73. The van der Waals surface area contributed by atoms with E-state index in [0.717, 1.165) is 42.4 Å². The summed E-state index contributed by atoms with van der Waals surface area (Å²) in [7, 11) is 0. The summed E-state index contributed by atoms with van der Waals surface area (Å²) in [5, 5.41) is 0. The normalized spacial score (nSPS) is 26.7. The first-order valence-electron chi connectivity index (χ1n) is 7.78. The van der Waals surface area contributed by atoms with Crippen LogP contribution in [-0.2, 0) is 16.8 Å². The zero-order valence-electron chi connectivity index (χ0n) is 13.0. The van der Waals surface area contributed by atoms with Crippen molar-refractivity contribution in [3.8, 4) is 0 Å². The zero-order valence-corrected chi connectivity index (χ0v) is 13.0. The number of hydrogen-bond donors (Lipinski definition) is 1. The average molecular weight is 277 g/mol. The highest BCUT2D eigenvalue weighted by molar-refractivity contribution is 5.15. The van der Waals surface area contributed by atoms with Gasteiger partial charge in [0, 0.05) is 24.4 Å². The monoisotopic (exact) mass is 277 g/mol. The smallest absolute Gasteiger partial charge is 0.160 e. The first-order chi connectivity index (χ1) is 9.59. The number of rotatable bonds is 5. The standard InChI is InChI=1S/C16H27N3O/c1-4-20-16(8-5-12(2)6-9-16)15-18-13(3)11-14(19-15)7-10-17/h11-12H,4-10,17H2,1-3H3. The van der Waals surface area contributed by atoms with Gasteiger partial charge in [0.15, 0.2) is 5.82 Å². The molecule has 1 aliphatic carbocycles. The highest BCUT2D eigenvalue weighted by Gasteiger charge is 2.39. The molecule has 0 aromatic carbocycles. The van der Waals surface area contributed by atoms with Crippen molar-refractivity contribution in [3.63, 3.8) is 0 Å². The van der Waals surface area contributed by atoms with Crippen molar-refractivity contribution in [1.82, 2.24) is 9.97 Å². The zero-order chi connectivity index (χ0) is 14.6. The molecular weight excluding hydrogens is 250 g/mol. The van der Waals surface area contributed by atoms with E-state index in [1.54, 1.807) is 0 Å². The third-order valence-electron chi connectivity index (χ3n) is 4.22. The second-order valence-electron chi connectivity index (χ2n) is 5.97. The van der Waals surface area contributed by atoms with Crippen LogP contribution in [0.25, 0.3) is 0 Å². The van der Waals surface area contributed by atoms with Crippen LogP contribution in [0.15, 0.2) is 6.07 Å². The lowest BCUT2D eigenvalue weighted by Gasteiger charge is -2.38. The van der Waals surface area contributed by atoms with E-state index in [1.165, 1.54) is 12.8 Å². The summed E-state index contributed by atoms with van der Waals surface area (Å²) in [5.74, 6) is 1.65. The van der Waals surface area contributed by atoms with Gasteiger partial charge in [-0.1, -0.05) is 6.92 Å². The molecule has 0 radical (unpaired) electrons. The van der Waals surface area contributed by atoms with Crippen molar-refractivity contribution in [2.45, 2.75) is 58.5 Å². The Morgan fingerprint density at radius 1 is 1.35 bits per heavy atom. The summed E-state index contributed by atoms with van der Waals surface area (Å²) >= 11 is 0. The fraction of sp³-hybridized carbons (Fsp3) is 0.750. The van der Waals surface area contributed by atoms with E-state index in [0.29, 0.717) is 13.2 Å². The lowest BCUT2D eigenvalue weighted by Crippen LogP contribution is -2.36. The van der Waals surface area contributed by atoms with Gasteiger partial charge in [-0.3, -0.25) is 0 Å². The molecular formula is C16H27N3O. The van der Waals surface area contributed by atoms with E-state index < -0.39 is 0 Å². The fourth-order valence-electron chi connectivity index (χ4n) is 3.05. The van der Waals surface area contributed by atoms with Gasteiger partial charge in [-0.05, 0) is 58.1 Å². The Kier molecular flexibility index (Phi) is 5.11. The van der Waals surface area contributed by atoms with Gasteiger partial charge in [0.2, 0.25) is 0 Å². The number of aromatic nitrogens is 2. The maximum absolute atomic E-state index is 6.14. The third kappa shape index (κ3) is 3.36. The van der Waals surface area contributed by atoms with Crippen molar-refractivity contribution in [3.05, 3.63) is 23.3 Å². The quantitative estimate of drug-likeness (QED) is 0.899. The summed E-state index contributed by atoms with van der Waals surface area (Å²) in [6.45, 7) is 7.71. The Morgan fingerprint density at radius 2 is 2.05 bits per heavy atom. The van der Waals surface area contributed by atoms with Crippen LogP contribution in [0.2, 0.25) is 0 Å². The van der Waals surface area contributed by atoms with Crippen LogP contribution in [-0.4, -0.2) is 23.1 Å². The van der Waals surface area contributed by atoms with E-state index in [9.17, 15) is 0 Å². The van der Waals surface area contributed by atoms with Crippen LogP contribution in [0.1, 0.15) is 56.7 Å². The van der Waals surface area contributed by atoms with Crippen molar-refractivity contribution in [2.75, 3.05) is 13.2 Å². The van der Waals surface area contributed by atoms with Crippen LogP contribution in [0.4, 0.5) is 0 Å². The summed E-state index contributed by atoms with van der Waals surface area (Å²) < 4.78 is 6.14. The van der Waals surface area contributed by atoms with E-state index in [-0.39, 0.29) is 5.60 Å². The minimum atomic E-state index is -0.281. The highest BCUT2D eigenvalue weighted by Crippen LogP contribution is 2.41. The number of nitrogens with two attached hydrogens (primary N) is 1. The number of nitrogens with zero attached hydrogens (tertiary/aromatic N) is 2. The van der Waals surface area contributed by atoms with Crippen LogP contribution in [0.5, 0.6) is 0 Å².